The van der Waals surface area contributed by atoms with Gasteiger partial charge in [0.25, 0.3) is 0 Å². The predicted octanol–water partition coefficient (Wildman–Crippen LogP) is 11.4. The van der Waals surface area contributed by atoms with Gasteiger partial charge in [-0.05, 0) is 70.6 Å². The van der Waals surface area contributed by atoms with Gasteiger partial charge in [0.15, 0.2) is 0 Å². The van der Waals surface area contributed by atoms with Gasteiger partial charge in [0.1, 0.15) is 6.10 Å². The van der Waals surface area contributed by atoms with Crippen molar-refractivity contribution < 1.29 is 14.7 Å². The van der Waals surface area contributed by atoms with Gasteiger partial charge in [0.2, 0.25) is 11.8 Å². The minimum atomic E-state index is -1.11. The number of carbonyl (C=O) groups excluding carboxylic acids is 2. The quantitative estimate of drug-likeness (QED) is 0.0468. The fourth-order valence-electron chi connectivity index (χ4n) is 5.79. The van der Waals surface area contributed by atoms with E-state index in [0.717, 1.165) is 25.7 Å². The van der Waals surface area contributed by atoms with Crippen molar-refractivity contribution in [1.82, 2.24) is 10.6 Å². The van der Waals surface area contributed by atoms with E-state index in [2.05, 4.69) is 48.8 Å². The molecular formula is C41H78N2O3. The van der Waals surface area contributed by atoms with Crippen LogP contribution in [-0.4, -0.2) is 36.1 Å². The molecule has 0 bridgehead atoms. The lowest BCUT2D eigenvalue weighted by molar-refractivity contribution is -0.130. The third kappa shape index (κ3) is 35.2. The van der Waals surface area contributed by atoms with Crippen LogP contribution in [0.3, 0.4) is 0 Å². The third-order valence-electron chi connectivity index (χ3n) is 8.95. The van der Waals surface area contributed by atoms with Crippen LogP contribution in [0.2, 0.25) is 0 Å². The van der Waals surface area contributed by atoms with Gasteiger partial charge in [-0.1, -0.05) is 154 Å². The van der Waals surface area contributed by atoms with Crippen molar-refractivity contribution in [3.63, 3.8) is 0 Å². The molecule has 0 saturated carbocycles. The Kier molecular flexibility index (Phi) is 36.5. The van der Waals surface area contributed by atoms with Gasteiger partial charge < -0.3 is 15.7 Å². The van der Waals surface area contributed by atoms with Gasteiger partial charge in [0, 0.05) is 19.5 Å². The number of hydrogen-bond donors (Lipinski definition) is 3. The van der Waals surface area contributed by atoms with Crippen molar-refractivity contribution in [2.75, 3.05) is 13.1 Å². The average Bonchev–Trinajstić information content (AvgIpc) is 3.06. The second-order valence-electron chi connectivity index (χ2n) is 13.6. The molecule has 1 atom stereocenters. The summed E-state index contributed by atoms with van der Waals surface area (Å²) in [5, 5.41) is 15.9. The van der Waals surface area contributed by atoms with Gasteiger partial charge in [0.05, 0.1) is 0 Å². The molecule has 0 aliphatic heterocycles. The number of carbonyl (C=O) groups is 2. The molecule has 0 aliphatic carbocycles. The third-order valence-corrected chi connectivity index (χ3v) is 8.95. The Labute approximate surface area is 286 Å². The summed E-state index contributed by atoms with van der Waals surface area (Å²) in [6.45, 7) is 5.81. The van der Waals surface area contributed by atoms with Crippen LogP contribution in [0, 0.1) is 0 Å². The van der Waals surface area contributed by atoms with Crippen LogP contribution in [0.5, 0.6) is 0 Å². The van der Waals surface area contributed by atoms with Crippen LogP contribution in [-0.2, 0) is 9.59 Å². The van der Waals surface area contributed by atoms with Crippen molar-refractivity contribution in [3.8, 4) is 0 Å². The molecule has 2 amide bonds. The molecular weight excluding hydrogens is 568 g/mol. The summed E-state index contributed by atoms with van der Waals surface area (Å²) in [6, 6.07) is 0. The zero-order valence-electron chi connectivity index (χ0n) is 30.8. The smallest absolute Gasteiger partial charge is 0.248 e. The average molecular weight is 647 g/mol. The molecule has 1 unspecified atom stereocenters. The Morgan fingerprint density at radius 3 is 1.20 bits per heavy atom. The van der Waals surface area contributed by atoms with E-state index < -0.39 is 6.10 Å². The van der Waals surface area contributed by atoms with Crippen molar-refractivity contribution in [3.05, 3.63) is 24.3 Å². The number of rotatable bonds is 36. The number of aliphatic hydroxyl groups is 1. The van der Waals surface area contributed by atoms with E-state index in [0.29, 0.717) is 13.1 Å². The molecule has 0 aliphatic rings. The molecule has 46 heavy (non-hydrogen) atoms. The van der Waals surface area contributed by atoms with E-state index in [-0.39, 0.29) is 24.7 Å². The zero-order valence-corrected chi connectivity index (χ0v) is 30.8. The highest BCUT2D eigenvalue weighted by Gasteiger charge is 2.15. The number of allylic oxidation sites excluding steroid dienone is 4. The van der Waals surface area contributed by atoms with E-state index >= 15 is 0 Å². The SMILES string of the molecule is CCCCCCCC/C=C\CCCCCCCCNC(=O)CCC(O)C(=O)NCCCCCCCC/C=C\CCCCCCCC. The normalized spacial score (nSPS) is 12.3. The molecule has 5 nitrogen and oxygen atoms in total. The summed E-state index contributed by atoms with van der Waals surface area (Å²) >= 11 is 0. The van der Waals surface area contributed by atoms with E-state index in [9.17, 15) is 14.7 Å². The second-order valence-corrected chi connectivity index (χ2v) is 13.6. The lowest BCUT2D eigenvalue weighted by Crippen LogP contribution is -2.36. The summed E-state index contributed by atoms with van der Waals surface area (Å²) < 4.78 is 0. The van der Waals surface area contributed by atoms with Crippen LogP contribution >= 0.6 is 0 Å². The van der Waals surface area contributed by atoms with Crippen molar-refractivity contribution in [2.24, 2.45) is 0 Å². The van der Waals surface area contributed by atoms with Crippen LogP contribution < -0.4 is 10.6 Å². The summed E-state index contributed by atoms with van der Waals surface area (Å²) in [6.07, 6.45) is 44.2. The van der Waals surface area contributed by atoms with Crippen LogP contribution in [0.4, 0.5) is 0 Å². The monoisotopic (exact) mass is 647 g/mol. The molecule has 0 saturated heterocycles. The molecule has 0 heterocycles. The van der Waals surface area contributed by atoms with Crippen LogP contribution in [0.1, 0.15) is 206 Å². The van der Waals surface area contributed by atoms with Crippen molar-refractivity contribution in [2.45, 2.75) is 213 Å². The highest BCUT2D eigenvalue weighted by atomic mass is 16.3. The molecule has 0 aromatic rings. The Bertz CT molecular complexity index is 706. The molecule has 3 N–H and O–H groups in total. The van der Waals surface area contributed by atoms with Crippen molar-refractivity contribution in [1.29, 1.82) is 0 Å². The van der Waals surface area contributed by atoms with Gasteiger partial charge in [-0.3, -0.25) is 9.59 Å². The number of amides is 2. The number of nitrogens with one attached hydrogen (secondary N) is 2. The first-order valence-electron chi connectivity index (χ1n) is 20.1. The Balaban J connectivity index is 3.44. The predicted molar refractivity (Wildman–Crippen MR) is 200 cm³/mol. The van der Waals surface area contributed by atoms with E-state index in [1.54, 1.807) is 0 Å². The maximum Gasteiger partial charge on any atom is 0.248 e. The number of hydrogen-bond acceptors (Lipinski definition) is 3. The highest BCUT2D eigenvalue weighted by molar-refractivity contribution is 5.82. The van der Waals surface area contributed by atoms with Gasteiger partial charge in [-0.25, -0.2) is 0 Å². The van der Waals surface area contributed by atoms with Gasteiger partial charge >= 0.3 is 0 Å². The highest BCUT2D eigenvalue weighted by Crippen LogP contribution is 2.11. The molecule has 0 fully saturated rings. The number of aliphatic hydroxyl groups excluding tert-OH is 1. The van der Waals surface area contributed by atoms with Gasteiger partial charge in [-0.2, -0.15) is 0 Å². The molecule has 0 aromatic carbocycles. The molecule has 0 spiro atoms. The number of unbranched alkanes of at least 4 members (excludes halogenated alkanes) is 24. The van der Waals surface area contributed by atoms with E-state index in [1.165, 1.54) is 154 Å². The first-order chi connectivity index (χ1) is 22.6. The second kappa shape index (κ2) is 37.8. The Morgan fingerprint density at radius 2 is 0.804 bits per heavy atom. The lowest BCUT2D eigenvalue weighted by Gasteiger charge is -2.11. The fourth-order valence-corrected chi connectivity index (χ4v) is 5.79. The Morgan fingerprint density at radius 1 is 0.478 bits per heavy atom. The molecule has 0 aromatic heterocycles. The van der Waals surface area contributed by atoms with Crippen molar-refractivity contribution >= 4 is 11.8 Å². The maximum absolute atomic E-state index is 12.1. The molecule has 0 rings (SSSR count). The minimum absolute atomic E-state index is 0.0760. The molecule has 5 heteroatoms. The van der Waals surface area contributed by atoms with Crippen LogP contribution in [0.25, 0.3) is 0 Å². The van der Waals surface area contributed by atoms with E-state index in [1.807, 2.05) is 0 Å². The topological polar surface area (TPSA) is 78.4 Å². The summed E-state index contributed by atoms with van der Waals surface area (Å²) in [4.78, 5) is 24.2. The first kappa shape index (κ1) is 44.4. The lowest BCUT2D eigenvalue weighted by atomic mass is 10.1. The minimum Gasteiger partial charge on any atom is -0.383 e. The largest absolute Gasteiger partial charge is 0.383 e. The summed E-state index contributed by atoms with van der Waals surface area (Å²) in [5.74, 6) is -0.429. The summed E-state index contributed by atoms with van der Waals surface area (Å²) in [5.41, 5.74) is 0. The Hall–Kier alpha value is -1.62. The standard InChI is InChI=1S/C41H78N2O3/c1-3-5-7-9-11-13-15-17-19-21-23-25-27-29-31-33-37-42-40(45)36-35-39(44)41(46)43-38-34-32-30-28-26-24-22-20-18-16-14-12-10-8-6-4-2/h17-20,39,44H,3-16,21-38H2,1-2H3,(H,42,45)(H,43,46)/b19-17-,20-18-. The van der Waals surface area contributed by atoms with Crippen LogP contribution in [0.15, 0.2) is 24.3 Å². The molecule has 0 radical (unpaired) electrons. The van der Waals surface area contributed by atoms with Gasteiger partial charge in [-0.15, -0.1) is 0 Å². The molecule has 270 valence electrons. The maximum atomic E-state index is 12.1. The fraction of sp³-hybridized carbons (Fsp3) is 0.854. The summed E-state index contributed by atoms with van der Waals surface area (Å²) in [7, 11) is 0. The van der Waals surface area contributed by atoms with E-state index in [4.69, 9.17) is 0 Å². The zero-order chi connectivity index (χ0) is 33.6. The first-order valence-corrected chi connectivity index (χ1v) is 20.1.